The van der Waals surface area contributed by atoms with Crippen molar-refractivity contribution < 1.29 is 24.5 Å². The fraction of sp³-hybridized carbons (Fsp3) is 0. The summed E-state index contributed by atoms with van der Waals surface area (Å²) in [5.41, 5.74) is -1.55. The van der Waals surface area contributed by atoms with Gasteiger partial charge in [0.15, 0.2) is 0 Å². The first kappa shape index (κ1) is 14.9. The van der Waals surface area contributed by atoms with E-state index in [-0.39, 0.29) is 17.1 Å². The molecule has 0 saturated heterocycles. The highest BCUT2D eigenvalue weighted by Crippen LogP contribution is 2.33. The fourth-order valence-corrected chi connectivity index (χ4v) is 1.73. The van der Waals surface area contributed by atoms with Crippen molar-refractivity contribution in [3.05, 3.63) is 68.3 Å². The molecule has 0 unspecified atom stereocenters. The molecule has 1 N–H and O–H groups in total. The van der Waals surface area contributed by atoms with Crippen LogP contribution >= 0.6 is 0 Å². The van der Waals surface area contributed by atoms with Gasteiger partial charge in [0.2, 0.25) is 0 Å². The molecule has 2 aromatic rings. The number of nitro groups is 2. The molecule has 0 amide bonds. The third kappa shape index (κ3) is 2.98. The van der Waals surface area contributed by atoms with Crippen LogP contribution < -0.4 is 4.74 Å². The van der Waals surface area contributed by atoms with Crippen LogP contribution in [0.15, 0.2) is 42.5 Å². The van der Waals surface area contributed by atoms with Crippen LogP contribution in [0.3, 0.4) is 0 Å². The van der Waals surface area contributed by atoms with Gasteiger partial charge in [-0.3, -0.25) is 20.2 Å². The number of aromatic carboxylic acids is 1. The molecule has 2 aromatic carbocycles. The van der Waals surface area contributed by atoms with Crippen LogP contribution in [0.5, 0.6) is 11.5 Å². The Morgan fingerprint density at radius 1 is 1.00 bits per heavy atom. The number of hydrogen-bond donors (Lipinski definition) is 1. The Labute approximate surface area is 122 Å². The second-order valence-electron chi connectivity index (χ2n) is 4.07. The maximum Gasteiger partial charge on any atom is 0.349 e. The number of carbonyl (C=O) groups is 1. The first-order chi connectivity index (χ1) is 10.4. The minimum atomic E-state index is -1.23. The lowest BCUT2D eigenvalue weighted by Gasteiger charge is -2.08. The average Bonchev–Trinajstić information content (AvgIpc) is 2.47. The molecule has 0 atom stereocenters. The van der Waals surface area contributed by atoms with Crippen molar-refractivity contribution in [2.24, 2.45) is 0 Å². The van der Waals surface area contributed by atoms with E-state index in [9.17, 15) is 25.0 Å². The molecule has 0 aliphatic rings. The maximum absolute atomic E-state index is 11.1. The zero-order valence-corrected chi connectivity index (χ0v) is 10.8. The zero-order chi connectivity index (χ0) is 16.3. The summed E-state index contributed by atoms with van der Waals surface area (Å²) in [6, 6.07) is 8.65. The lowest BCUT2D eigenvalue weighted by molar-refractivity contribution is -0.422. The van der Waals surface area contributed by atoms with Gasteiger partial charge in [0.25, 0.3) is 0 Å². The van der Waals surface area contributed by atoms with Crippen LogP contribution in [0.1, 0.15) is 10.4 Å². The van der Waals surface area contributed by atoms with E-state index < -0.39 is 27.2 Å². The van der Waals surface area contributed by atoms with Crippen LogP contribution in [0.2, 0.25) is 0 Å². The van der Waals surface area contributed by atoms with Crippen LogP contribution in [-0.4, -0.2) is 20.9 Å². The third-order valence-electron chi connectivity index (χ3n) is 2.69. The van der Waals surface area contributed by atoms with E-state index in [1.54, 1.807) is 0 Å². The summed E-state index contributed by atoms with van der Waals surface area (Å²) in [7, 11) is 0. The first-order valence-corrected chi connectivity index (χ1v) is 5.83. The van der Waals surface area contributed by atoms with Gasteiger partial charge in [-0.05, 0) is 18.2 Å². The average molecular weight is 304 g/mol. The van der Waals surface area contributed by atoms with Crippen molar-refractivity contribution in [1.82, 2.24) is 0 Å². The second kappa shape index (κ2) is 5.87. The number of para-hydroxylation sites is 1. The minimum absolute atomic E-state index is 0.0295. The number of benzene rings is 2. The SMILES string of the molecule is O=C(O)c1ccccc1Oc1ccc([N+](=O)[O-])c([N+](=O)[O-])c1. The maximum atomic E-state index is 11.1. The molecule has 9 nitrogen and oxygen atoms in total. The topological polar surface area (TPSA) is 133 Å². The van der Waals surface area contributed by atoms with Gasteiger partial charge in [0, 0.05) is 6.07 Å². The highest BCUT2D eigenvalue weighted by molar-refractivity contribution is 5.90. The monoisotopic (exact) mass is 304 g/mol. The van der Waals surface area contributed by atoms with Gasteiger partial charge in [-0.25, -0.2) is 4.79 Å². The molecule has 0 heterocycles. The van der Waals surface area contributed by atoms with Crippen LogP contribution in [-0.2, 0) is 0 Å². The summed E-state index contributed by atoms with van der Waals surface area (Å²) in [5, 5.41) is 30.6. The number of nitro benzene ring substituents is 2. The number of rotatable bonds is 5. The minimum Gasteiger partial charge on any atom is -0.478 e. The normalized spacial score (nSPS) is 10.0. The fourth-order valence-electron chi connectivity index (χ4n) is 1.73. The Morgan fingerprint density at radius 3 is 2.23 bits per heavy atom. The Kier molecular flexibility index (Phi) is 3.98. The van der Waals surface area contributed by atoms with Gasteiger partial charge < -0.3 is 9.84 Å². The van der Waals surface area contributed by atoms with Crippen LogP contribution in [0.4, 0.5) is 11.4 Å². The molecule has 2 rings (SSSR count). The number of nitrogens with zero attached hydrogens (tertiary/aromatic N) is 2. The molecule has 112 valence electrons. The molecular weight excluding hydrogens is 296 g/mol. The van der Waals surface area contributed by atoms with E-state index in [4.69, 9.17) is 9.84 Å². The zero-order valence-electron chi connectivity index (χ0n) is 10.8. The number of ether oxygens (including phenoxy) is 1. The van der Waals surface area contributed by atoms with Crippen molar-refractivity contribution in [2.45, 2.75) is 0 Å². The molecule has 0 fully saturated rings. The Hall–Kier alpha value is -3.49. The first-order valence-electron chi connectivity index (χ1n) is 5.83. The second-order valence-corrected chi connectivity index (χ2v) is 4.07. The quantitative estimate of drug-likeness (QED) is 0.662. The molecule has 0 aromatic heterocycles. The predicted octanol–water partition coefficient (Wildman–Crippen LogP) is 2.99. The summed E-state index contributed by atoms with van der Waals surface area (Å²) in [6.07, 6.45) is 0. The Bertz CT molecular complexity index is 773. The molecule has 22 heavy (non-hydrogen) atoms. The summed E-state index contributed by atoms with van der Waals surface area (Å²) in [5.74, 6) is -1.34. The summed E-state index contributed by atoms with van der Waals surface area (Å²) in [4.78, 5) is 30.8. The number of hydrogen-bond acceptors (Lipinski definition) is 6. The predicted molar refractivity (Wildman–Crippen MR) is 73.2 cm³/mol. The van der Waals surface area contributed by atoms with Gasteiger partial charge in [0.1, 0.15) is 17.1 Å². The van der Waals surface area contributed by atoms with E-state index in [2.05, 4.69) is 0 Å². The summed E-state index contributed by atoms with van der Waals surface area (Å²) >= 11 is 0. The lowest BCUT2D eigenvalue weighted by Crippen LogP contribution is -2.00. The smallest absolute Gasteiger partial charge is 0.349 e. The molecule has 0 saturated carbocycles. The van der Waals surface area contributed by atoms with Crippen LogP contribution in [0, 0.1) is 20.2 Å². The van der Waals surface area contributed by atoms with E-state index >= 15 is 0 Å². The van der Waals surface area contributed by atoms with Gasteiger partial charge >= 0.3 is 17.3 Å². The molecule has 0 bridgehead atoms. The highest BCUT2D eigenvalue weighted by atomic mass is 16.6. The number of carboxylic acid groups (broad SMARTS) is 1. The highest BCUT2D eigenvalue weighted by Gasteiger charge is 2.25. The van der Waals surface area contributed by atoms with Gasteiger partial charge in [-0.15, -0.1) is 0 Å². The standard InChI is InChI=1S/C13H8N2O7/c16-13(17)9-3-1-2-4-12(9)22-8-5-6-10(14(18)19)11(7-8)15(20)21/h1-7H,(H,16,17). The molecule has 0 spiro atoms. The van der Waals surface area contributed by atoms with E-state index in [1.807, 2.05) is 0 Å². The molecular formula is C13H8N2O7. The third-order valence-corrected chi connectivity index (χ3v) is 2.69. The van der Waals surface area contributed by atoms with Crippen molar-refractivity contribution in [3.8, 4) is 11.5 Å². The molecule has 9 heteroatoms. The van der Waals surface area contributed by atoms with E-state index in [0.717, 1.165) is 18.2 Å². The van der Waals surface area contributed by atoms with E-state index in [0.29, 0.717) is 0 Å². The van der Waals surface area contributed by atoms with Crippen molar-refractivity contribution >= 4 is 17.3 Å². The van der Waals surface area contributed by atoms with Crippen LogP contribution in [0.25, 0.3) is 0 Å². The van der Waals surface area contributed by atoms with E-state index in [1.165, 1.54) is 24.3 Å². The van der Waals surface area contributed by atoms with Gasteiger partial charge in [0.05, 0.1) is 15.9 Å². The van der Waals surface area contributed by atoms with Crippen molar-refractivity contribution in [2.75, 3.05) is 0 Å². The Morgan fingerprint density at radius 2 is 1.64 bits per heavy atom. The summed E-state index contributed by atoms with van der Waals surface area (Å²) < 4.78 is 5.29. The van der Waals surface area contributed by atoms with Gasteiger partial charge in [-0.2, -0.15) is 0 Å². The molecule has 0 aliphatic heterocycles. The van der Waals surface area contributed by atoms with Gasteiger partial charge in [-0.1, -0.05) is 12.1 Å². The molecule has 0 aliphatic carbocycles. The lowest BCUT2D eigenvalue weighted by atomic mass is 10.2. The van der Waals surface area contributed by atoms with Crippen molar-refractivity contribution in [1.29, 1.82) is 0 Å². The molecule has 0 radical (unpaired) electrons. The number of carboxylic acids is 1. The summed E-state index contributed by atoms with van der Waals surface area (Å²) in [6.45, 7) is 0. The van der Waals surface area contributed by atoms with Crippen molar-refractivity contribution in [3.63, 3.8) is 0 Å². The largest absolute Gasteiger partial charge is 0.478 e. The Balaban J connectivity index is 2.43.